The van der Waals surface area contributed by atoms with Gasteiger partial charge in [0.05, 0.1) is 0 Å². The summed E-state index contributed by atoms with van der Waals surface area (Å²) < 4.78 is 0. The molecule has 1 heterocycles. The van der Waals surface area contributed by atoms with E-state index in [2.05, 4.69) is 6.92 Å². The number of nitrogens with zero attached hydrogens (tertiary/aromatic N) is 1. The Morgan fingerprint density at radius 2 is 2.07 bits per heavy atom. The molecule has 4 heteroatoms. The van der Waals surface area contributed by atoms with Gasteiger partial charge in [0.25, 0.3) is 0 Å². The molecule has 2 aliphatic rings. The molecule has 1 aliphatic carbocycles. The van der Waals surface area contributed by atoms with Gasteiger partial charge in [0.1, 0.15) is 0 Å². The number of piperidine rings is 1. The molecule has 3 nitrogen and oxygen atoms in total. The number of rotatable bonds is 1. The lowest BCUT2D eigenvalue weighted by atomic mass is 9.69. The van der Waals surface area contributed by atoms with Crippen LogP contribution in [0.2, 0.25) is 0 Å². The molecule has 0 unspecified atom stereocenters. The van der Waals surface area contributed by atoms with E-state index < -0.39 is 0 Å². The Labute approximate surface area is 97.8 Å². The monoisotopic (exact) mass is 232 g/mol. The van der Waals surface area contributed by atoms with Crippen LogP contribution in [0.1, 0.15) is 39.0 Å². The third-order valence-corrected chi connectivity index (χ3v) is 3.72. The maximum Gasteiger partial charge on any atom is 0.228 e. The van der Waals surface area contributed by atoms with E-state index in [-0.39, 0.29) is 23.9 Å². The average molecular weight is 233 g/mol. The van der Waals surface area contributed by atoms with Gasteiger partial charge >= 0.3 is 0 Å². The molecule has 0 bridgehead atoms. The third-order valence-electron chi connectivity index (χ3n) is 3.72. The summed E-state index contributed by atoms with van der Waals surface area (Å²) in [6.07, 6.45) is 5.49. The molecule has 0 radical (unpaired) electrons. The van der Waals surface area contributed by atoms with Crippen LogP contribution in [0, 0.1) is 5.41 Å². The van der Waals surface area contributed by atoms with E-state index in [1.165, 1.54) is 6.42 Å². The highest BCUT2D eigenvalue weighted by molar-refractivity contribution is 5.85. The van der Waals surface area contributed by atoms with Crippen molar-refractivity contribution in [3.05, 3.63) is 0 Å². The van der Waals surface area contributed by atoms with Crippen molar-refractivity contribution in [2.75, 3.05) is 13.1 Å². The highest BCUT2D eigenvalue weighted by Crippen LogP contribution is 2.42. The highest BCUT2D eigenvalue weighted by atomic mass is 35.5. The first kappa shape index (κ1) is 12.8. The Morgan fingerprint density at radius 3 is 2.53 bits per heavy atom. The van der Waals surface area contributed by atoms with Crippen molar-refractivity contribution in [1.82, 2.24) is 4.90 Å². The van der Waals surface area contributed by atoms with Crippen LogP contribution in [-0.4, -0.2) is 29.9 Å². The minimum Gasteiger partial charge on any atom is -0.341 e. The van der Waals surface area contributed by atoms with Crippen LogP contribution in [0.3, 0.4) is 0 Å². The predicted molar refractivity (Wildman–Crippen MR) is 63.0 cm³/mol. The first-order chi connectivity index (χ1) is 6.62. The number of carbonyl (C=O) groups excluding carboxylic acids is 1. The molecule has 0 spiro atoms. The van der Waals surface area contributed by atoms with Gasteiger partial charge in [0.15, 0.2) is 0 Å². The molecule has 2 fully saturated rings. The van der Waals surface area contributed by atoms with Crippen LogP contribution in [0.5, 0.6) is 0 Å². The fourth-order valence-corrected chi connectivity index (χ4v) is 2.50. The molecule has 88 valence electrons. The van der Waals surface area contributed by atoms with Crippen molar-refractivity contribution < 1.29 is 4.79 Å². The summed E-state index contributed by atoms with van der Waals surface area (Å²) in [6, 6.07) is 0.205. The quantitative estimate of drug-likeness (QED) is 0.746. The number of hydrogen-bond acceptors (Lipinski definition) is 2. The molecule has 1 aliphatic heterocycles. The van der Waals surface area contributed by atoms with Crippen molar-refractivity contribution in [3.63, 3.8) is 0 Å². The fourth-order valence-electron chi connectivity index (χ4n) is 2.50. The van der Waals surface area contributed by atoms with Gasteiger partial charge in [-0.25, -0.2) is 0 Å². The number of carbonyl (C=O) groups is 1. The van der Waals surface area contributed by atoms with E-state index in [0.29, 0.717) is 5.91 Å². The zero-order valence-corrected chi connectivity index (χ0v) is 10.2. The number of halogens is 1. The van der Waals surface area contributed by atoms with E-state index in [4.69, 9.17) is 5.73 Å². The lowest BCUT2D eigenvalue weighted by Gasteiger charge is -2.42. The van der Waals surface area contributed by atoms with E-state index in [1.807, 2.05) is 4.90 Å². The van der Waals surface area contributed by atoms with Crippen LogP contribution in [0.4, 0.5) is 0 Å². The summed E-state index contributed by atoms with van der Waals surface area (Å²) >= 11 is 0. The molecular formula is C11H21ClN2O. The molecule has 0 aromatic rings. The molecule has 1 saturated carbocycles. The van der Waals surface area contributed by atoms with Crippen LogP contribution in [0.25, 0.3) is 0 Å². The molecule has 2 N–H and O–H groups in total. The fraction of sp³-hybridized carbons (Fsp3) is 0.909. The molecule has 0 aromatic heterocycles. The van der Waals surface area contributed by atoms with Crippen LogP contribution < -0.4 is 5.73 Å². The topological polar surface area (TPSA) is 46.3 Å². The van der Waals surface area contributed by atoms with Crippen molar-refractivity contribution in [3.8, 4) is 0 Å². The maximum atomic E-state index is 12.1. The SMILES string of the molecule is CC1(C(=O)N2CCC[C@@H](N)C2)CCC1.Cl. The minimum atomic E-state index is -0.0446. The smallest absolute Gasteiger partial charge is 0.228 e. The number of amides is 1. The molecule has 1 saturated heterocycles. The van der Waals surface area contributed by atoms with Crippen LogP contribution >= 0.6 is 12.4 Å². The summed E-state index contributed by atoms with van der Waals surface area (Å²) in [5.41, 5.74) is 5.83. The standard InChI is InChI=1S/C11H20N2O.ClH/c1-11(5-3-6-11)10(14)13-7-2-4-9(12)8-13;/h9H,2-8,12H2,1H3;1H/t9-;/m1./s1. The molecule has 1 amide bonds. The number of likely N-dealkylation sites (tertiary alicyclic amines) is 1. The first-order valence-electron chi connectivity index (χ1n) is 5.67. The Hall–Kier alpha value is -0.280. The van der Waals surface area contributed by atoms with Crippen molar-refractivity contribution in [1.29, 1.82) is 0 Å². The van der Waals surface area contributed by atoms with E-state index >= 15 is 0 Å². The lowest BCUT2D eigenvalue weighted by molar-refractivity contribution is -0.147. The predicted octanol–water partition coefficient (Wildman–Crippen LogP) is 1.55. The Balaban J connectivity index is 0.00000112. The normalized spacial score (nSPS) is 28.9. The Kier molecular flexibility index (Phi) is 4.01. The van der Waals surface area contributed by atoms with Gasteiger partial charge in [-0.15, -0.1) is 12.4 Å². The van der Waals surface area contributed by atoms with Crippen molar-refractivity contribution in [2.45, 2.75) is 45.1 Å². The van der Waals surface area contributed by atoms with Crippen molar-refractivity contribution >= 4 is 18.3 Å². The minimum absolute atomic E-state index is 0. The summed E-state index contributed by atoms with van der Waals surface area (Å²) in [4.78, 5) is 14.1. The van der Waals surface area contributed by atoms with Gasteiger partial charge in [0, 0.05) is 24.5 Å². The third kappa shape index (κ3) is 2.45. The molecule has 2 rings (SSSR count). The van der Waals surface area contributed by atoms with Crippen LogP contribution in [-0.2, 0) is 4.79 Å². The van der Waals surface area contributed by atoms with Crippen LogP contribution in [0.15, 0.2) is 0 Å². The second-order valence-corrected chi connectivity index (χ2v) is 5.07. The van der Waals surface area contributed by atoms with Gasteiger partial charge in [-0.1, -0.05) is 13.3 Å². The summed E-state index contributed by atoms with van der Waals surface area (Å²) in [7, 11) is 0. The van der Waals surface area contributed by atoms with Gasteiger partial charge in [-0.3, -0.25) is 4.79 Å². The second-order valence-electron chi connectivity index (χ2n) is 5.07. The van der Waals surface area contributed by atoms with Crippen molar-refractivity contribution in [2.24, 2.45) is 11.1 Å². The second kappa shape index (κ2) is 4.71. The summed E-state index contributed by atoms with van der Waals surface area (Å²) in [6.45, 7) is 3.79. The summed E-state index contributed by atoms with van der Waals surface area (Å²) in [5.74, 6) is 0.346. The zero-order chi connectivity index (χ0) is 10.2. The van der Waals surface area contributed by atoms with Gasteiger partial charge in [0.2, 0.25) is 5.91 Å². The van der Waals surface area contributed by atoms with Gasteiger partial charge < -0.3 is 10.6 Å². The Bertz CT molecular complexity index is 241. The number of nitrogens with two attached hydrogens (primary N) is 1. The first-order valence-corrected chi connectivity index (χ1v) is 5.67. The average Bonchev–Trinajstić information content (AvgIpc) is 2.13. The lowest BCUT2D eigenvalue weighted by Crippen LogP contribution is -2.52. The molecule has 0 aromatic carbocycles. The molecular weight excluding hydrogens is 212 g/mol. The zero-order valence-electron chi connectivity index (χ0n) is 9.37. The highest BCUT2D eigenvalue weighted by Gasteiger charge is 2.42. The van der Waals surface area contributed by atoms with E-state index in [1.54, 1.807) is 0 Å². The summed E-state index contributed by atoms with van der Waals surface area (Å²) in [5, 5.41) is 0. The molecule has 1 atom stereocenters. The Morgan fingerprint density at radius 1 is 1.40 bits per heavy atom. The largest absolute Gasteiger partial charge is 0.341 e. The van der Waals surface area contributed by atoms with E-state index in [9.17, 15) is 4.79 Å². The maximum absolute atomic E-state index is 12.1. The van der Waals surface area contributed by atoms with Gasteiger partial charge in [-0.05, 0) is 25.7 Å². The van der Waals surface area contributed by atoms with E-state index in [0.717, 1.165) is 38.8 Å². The number of hydrogen-bond donors (Lipinski definition) is 1. The molecule has 15 heavy (non-hydrogen) atoms. The van der Waals surface area contributed by atoms with Gasteiger partial charge in [-0.2, -0.15) is 0 Å².